The Morgan fingerprint density at radius 2 is 2.42 bits per heavy atom. The van der Waals surface area contributed by atoms with Crippen molar-refractivity contribution in [3.05, 3.63) is 18.2 Å². The van der Waals surface area contributed by atoms with Crippen molar-refractivity contribution >= 4 is 0 Å². The fourth-order valence-corrected chi connectivity index (χ4v) is 1.11. The molecular formula is C9H16N2O. The van der Waals surface area contributed by atoms with E-state index in [2.05, 4.69) is 4.98 Å². The van der Waals surface area contributed by atoms with Gasteiger partial charge in [-0.15, -0.1) is 0 Å². The molecule has 0 saturated carbocycles. The van der Waals surface area contributed by atoms with Gasteiger partial charge in [0.25, 0.3) is 0 Å². The number of hydrogen-bond acceptors (Lipinski definition) is 2. The van der Waals surface area contributed by atoms with Gasteiger partial charge in [-0.2, -0.15) is 0 Å². The highest BCUT2D eigenvalue weighted by molar-refractivity contribution is 4.90. The summed E-state index contributed by atoms with van der Waals surface area (Å²) in [5.74, 6) is 1.13. The van der Waals surface area contributed by atoms with E-state index >= 15 is 0 Å². The first kappa shape index (κ1) is 9.26. The summed E-state index contributed by atoms with van der Waals surface area (Å²) >= 11 is 0. The Hall–Kier alpha value is -0.830. The number of ether oxygens (including phenoxy) is 1. The summed E-state index contributed by atoms with van der Waals surface area (Å²) in [5.41, 5.74) is 0. The number of nitrogens with zero attached hydrogens (tertiary/aromatic N) is 2. The molecule has 0 unspecified atom stereocenters. The molecule has 3 nitrogen and oxygen atoms in total. The van der Waals surface area contributed by atoms with Crippen LogP contribution in [0, 0.1) is 0 Å². The second-order valence-corrected chi connectivity index (χ2v) is 2.75. The van der Waals surface area contributed by atoms with Gasteiger partial charge in [-0.25, -0.2) is 4.98 Å². The van der Waals surface area contributed by atoms with Crippen LogP contribution in [0.1, 0.15) is 19.2 Å². The quantitative estimate of drug-likeness (QED) is 0.621. The summed E-state index contributed by atoms with van der Waals surface area (Å²) in [6.07, 6.45) is 5.86. The lowest BCUT2D eigenvalue weighted by molar-refractivity contribution is 0.144. The first-order valence-corrected chi connectivity index (χ1v) is 4.38. The van der Waals surface area contributed by atoms with Crippen molar-refractivity contribution in [1.82, 2.24) is 9.55 Å². The van der Waals surface area contributed by atoms with Gasteiger partial charge >= 0.3 is 0 Å². The smallest absolute Gasteiger partial charge is 0.108 e. The van der Waals surface area contributed by atoms with Gasteiger partial charge in [0, 0.05) is 39.1 Å². The van der Waals surface area contributed by atoms with E-state index in [4.69, 9.17) is 4.74 Å². The van der Waals surface area contributed by atoms with Gasteiger partial charge in [0.1, 0.15) is 5.82 Å². The van der Waals surface area contributed by atoms with Crippen LogP contribution in [0.3, 0.4) is 0 Å². The summed E-state index contributed by atoms with van der Waals surface area (Å²) in [7, 11) is 2.02. The Morgan fingerprint density at radius 3 is 3.00 bits per heavy atom. The zero-order chi connectivity index (χ0) is 8.81. The largest absolute Gasteiger partial charge is 0.382 e. The molecule has 0 aliphatic carbocycles. The van der Waals surface area contributed by atoms with Gasteiger partial charge < -0.3 is 9.30 Å². The highest BCUT2D eigenvalue weighted by atomic mass is 16.5. The summed E-state index contributed by atoms with van der Waals surface area (Å²) in [6, 6.07) is 0. The normalized spacial score (nSPS) is 10.5. The van der Waals surface area contributed by atoms with E-state index in [-0.39, 0.29) is 0 Å². The van der Waals surface area contributed by atoms with Crippen molar-refractivity contribution in [2.24, 2.45) is 7.05 Å². The maximum atomic E-state index is 5.23. The van der Waals surface area contributed by atoms with Crippen molar-refractivity contribution < 1.29 is 4.74 Å². The molecule has 1 aromatic heterocycles. The van der Waals surface area contributed by atoms with E-state index in [0.717, 1.165) is 31.9 Å². The molecule has 3 heteroatoms. The molecule has 0 saturated heterocycles. The minimum Gasteiger partial charge on any atom is -0.382 e. The van der Waals surface area contributed by atoms with Crippen molar-refractivity contribution in [3.8, 4) is 0 Å². The van der Waals surface area contributed by atoms with Crippen LogP contribution in [0.15, 0.2) is 12.4 Å². The van der Waals surface area contributed by atoms with Crippen LogP contribution in [0.25, 0.3) is 0 Å². The maximum Gasteiger partial charge on any atom is 0.108 e. The molecular weight excluding hydrogens is 152 g/mol. The average Bonchev–Trinajstić information content (AvgIpc) is 2.46. The third-order valence-corrected chi connectivity index (χ3v) is 1.81. The number of aromatic nitrogens is 2. The molecule has 0 aliphatic heterocycles. The third kappa shape index (κ3) is 2.66. The summed E-state index contributed by atoms with van der Waals surface area (Å²) in [4.78, 5) is 4.22. The molecule has 0 spiro atoms. The molecule has 0 radical (unpaired) electrons. The van der Waals surface area contributed by atoms with E-state index in [0.29, 0.717) is 0 Å². The van der Waals surface area contributed by atoms with Crippen LogP contribution in [-0.4, -0.2) is 22.8 Å². The van der Waals surface area contributed by atoms with Crippen LogP contribution >= 0.6 is 0 Å². The molecule has 0 N–H and O–H groups in total. The van der Waals surface area contributed by atoms with Gasteiger partial charge in [0.2, 0.25) is 0 Å². The topological polar surface area (TPSA) is 27.1 Å². The van der Waals surface area contributed by atoms with Gasteiger partial charge in [-0.1, -0.05) is 0 Å². The summed E-state index contributed by atoms with van der Waals surface area (Å²) < 4.78 is 7.28. The molecule has 0 amide bonds. The van der Waals surface area contributed by atoms with E-state index in [9.17, 15) is 0 Å². The SMILES string of the molecule is CCOCCCc1nccn1C. The average molecular weight is 168 g/mol. The van der Waals surface area contributed by atoms with Crippen molar-refractivity contribution in [3.63, 3.8) is 0 Å². The van der Waals surface area contributed by atoms with Gasteiger partial charge in [0.05, 0.1) is 0 Å². The molecule has 1 aromatic rings. The fraction of sp³-hybridized carbons (Fsp3) is 0.667. The second kappa shape index (κ2) is 4.93. The number of hydrogen-bond donors (Lipinski definition) is 0. The molecule has 1 rings (SSSR count). The Morgan fingerprint density at radius 1 is 1.58 bits per heavy atom. The molecule has 1 heterocycles. The number of imidazole rings is 1. The second-order valence-electron chi connectivity index (χ2n) is 2.75. The summed E-state index contributed by atoms with van der Waals surface area (Å²) in [6.45, 7) is 3.66. The molecule has 0 aliphatic rings. The minimum absolute atomic E-state index is 0.806. The Bertz CT molecular complexity index is 220. The van der Waals surface area contributed by atoms with Crippen LogP contribution in [-0.2, 0) is 18.2 Å². The highest BCUT2D eigenvalue weighted by Crippen LogP contribution is 1.98. The zero-order valence-electron chi connectivity index (χ0n) is 7.79. The third-order valence-electron chi connectivity index (χ3n) is 1.81. The van der Waals surface area contributed by atoms with Crippen molar-refractivity contribution in [2.45, 2.75) is 19.8 Å². The van der Waals surface area contributed by atoms with E-state index in [1.807, 2.05) is 30.9 Å². The number of rotatable bonds is 5. The molecule has 12 heavy (non-hydrogen) atoms. The van der Waals surface area contributed by atoms with Gasteiger partial charge in [0.15, 0.2) is 0 Å². The Kier molecular flexibility index (Phi) is 3.80. The summed E-state index contributed by atoms with van der Waals surface area (Å²) in [5, 5.41) is 0. The van der Waals surface area contributed by atoms with E-state index in [1.54, 1.807) is 0 Å². The van der Waals surface area contributed by atoms with Gasteiger partial charge in [-0.05, 0) is 13.3 Å². The number of aryl methyl sites for hydroxylation is 2. The van der Waals surface area contributed by atoms with Crippen LogP contribution in [0.5, 0.6) is 0 Å². The first-order valence-electron chi connectivity index (χ1n) is 4.38. The monoisotopic (exact) mass is 168 g/mol. The minimum atomic E-state index is 0.806. The van der Waals surface area contributed by atoms with Crippen LogP contribution in [0.2, 0.25) is 0 Å². The molecule has 0 fully saturated rings. The lowest BCUT2D eigenvalue weighted by Gasteiger charge is -2.01. The van der Waals surface area contributed by atoms with Crippen molar-refractivity contribution in [1.29, 1.82) is 0 Å². The maximum absolute atomic E-state index is 5.23. The fourth-order valence-electron chi connectivity index (χ4n) is 1.11. The van der Waals surface area contributed by atoms with E-state index < -0.39 is 0 Å². The molecule has 0 aromatic carbocycles. The lowest BCUT2D eigenvalue weighted by atomic mass is 10.3. The molecule has 0 bridgehead atoms. The Labute approximate surface area is 73.4 Å². The highest BCUT2D eigenvalue weighted by Gasteiger charge is 1.97. The predicted octanol–water partition coefficient (Wildman–Crippen LogP) is 1.39. The van der Waals surface area contributed by atoms with Gasteiger partial charge in [-0.3, -0.25) is 0 Å². The lowest BCUT2D eigenvalue weighted by Crippen LogP contribution is -2.01. The van der Waals surface area contributed by atoms with Crippen LogP contribution < -0.4 is 0 Å². The first-order chi connectivity index (χ1) is 5.84. The standard InChI is InChI=1S/C9H16N2O/c1-3-12-8-4-5-9-10-6-7-11(9)2/h6-7H,3-5,8H2,1-2H3. The molecule has 0 atom stereocenters. The van der Waals surface area contributed by atoms with Crippen LogP contribution in [0.4, 0.5) is 0 Å². The van der Waals surface area contributed by atoms with E-state index in [1.165, 1.54) is 0 Å². The Balaban J connectivity index is 2.20. The molecule has 68 valence electrons. The zero-order valence-corrected chi connectivity index (χ0v) is 7.79. The predicted molar refractivity (Wildman–Crippen MR) is 48.0 cm³/mol. The van der Waals surface area contributed by atoms with Crippen molar-refractivity contribution in [2.75, 3.05) is 13.2 Å².